The number of rotatable bonds is 5. The predicted molar refractivity (Wildman–Crippen MR) is 46.7 cm³/mol. The van der Waals surface area contributed by atoms with Crippen LogP contribution in [-0.4, -0.2) is 35.1 Å². The molecular formula is C6H15ClO3Si. The molecule has 0 saturated heterocycles. The molecule has 1 atom stereocenters. The lowest BCUT2D eigenvalue weighted by atomic mass is 10.6. The van der Waals surface area contributed by atoms with Crippen molar-refractivity contribution >= 4 is 20.4 Å². The third kappa shape index (κ3) is 2.42. The van der Waals surface area contributed by atoms with E-state index >= 15 is 0 Å². The second kappa shape index (κ2) is 5.11. The Morgan fingerprint density at radius 2 is 1.55 bits per heavy atom. The number of hydrogen-bond donors (Lipinski definition) is 0. The summed E-state index contributed by atoms with van der Waals surface area (Å²) in [7, 11) is 2.12. The van der Waals surface area contributed by atoms with E-state index in [1.807, 2.05) is 6.92 Å². The van der Waals surface area contributed by atoms with Gasteiger partial charge in [0.05, 0.1) is 0 Å². The Labute approximate surface area is 74.0 Å². The van der Waals surface area contributed by atoms with Crippen LogP contribution >= 0.6 is 11.6 Å². The van der Waals surface area contributed by atoms with Gasteiger partial charge in [-0.25, -0.2) is 0 Å². The fourth-order valence-electron chi connectivity index (χ4n) is 0.884. The molecule has 0 aliphatic rings. The van der Waals surface area contributed by atoms with E-state index in [2.05, 4.69) is 0 Å². The van der Waals surface area contributed by atoms with Gasteiger partial charge in [0.1, 0.15) is 5.00 Å². The topological polar surface area (TPSA) is 27.7 Å². The summed E-state index contributed by atoms with van der Waals surface area (Å²) in [5.41, 5.74) is 0. The molecular weight excluding hydrogens is 184 g/mol. The van der Waals surface area contributed by atoms with Crippen molar-refractivity contribution in [3.8, 4) is 0 Å². The molecule has 0 radical (unpaired) electrons. The molecule has 0 aromatic rings. The predicted octanol–water partition coefficient (Wildman–Crippen LogP) is 1.42. The summed E-state index contributed by atoms with van der Waals surface area (Å²) in [6.07, 6.45) is 0.781. The van der Waals surface area contributed by atoms with Crippen LogP contribution in [0.5, 0.6) is 0 Å². The second-order valence-electron chi connectivity index (χ2n) is 2.09. The van der Waals surface area contributed by atoms with Crippen LogP contribution in [0.4, 0.5) is 0 Å². The van der Waals surface area contributed by atoms with E-state index in [1.54, 1.807) is 21.3 Å². The van der Waals surface area contributed by atoms with Crippen LogP contribution in [0.3, 0.4) is 0 Å². The Bertz CT molecular complexity index is 99.7. The summed E-state index contributed by atoms with van der Waals surface area (Å²) in [6.45, 7) is 1.97. The monoisotopic (exact) mass is 198 g/mol. The molecule has 11 heavy (non-hydrogen) atoms. The van der Waals surface area contributed by atoms with Gasteiger partial charge in [0.15, 0.2) is 0 Å². The third-order valence-corrected chi connectivity index (χ3v) is 5.59. The van der Waals surface area contributed by atoms with E-state index < -0.39 is 8.80 Å². The minimum Gasteiger partial charge on any atom is -0.376 e. The largest absolute Gasteiger partial charge is 0.518 e. The fraction of sp³-hybridized carbons (Fsp3) is 1.00. The highest BCUT2D eigenvalue weighted by molar-refractivity contribution is 6.71. The van der Waals surface area contributed by atoms with Gasteiger partial charge in [-0.1, -0.05) is 6.92 Å². The molecule has 0 aromatic carbocycles. The molecule has 0 amide bonds. The second-order valence-corrected chi connectivity index (χ2v) is 6.11. The molecule has 0 aromatic heterocycles. The van der Waals surface area contributed by atoms with Crippen LogP contribution < -0.4 is 0 Å². The SMILES string of the molecule is CCC(Cl)[Si](OC)(OC)OC. The van der Waals surface area contributed by atoms with Crippen LogP contribution in [0.2, 0.25) is 0 Å². The Kier molecular flexibility index (Phi) is 5.29. The summed E-state index contributed by atoms with van der Waals surface area (Å²) in [5.74, 6) is 0. The van der Waals surface area contributed by atoms with E-state index in [9.17, 15) is 0 Å². The maximum absolute atomic E-state index is 5.98. The van der Waals surface area contributed by atoms with Gasteiger partial charge in [0, 0.05) is 21.3 Å². The van der Waals surface area contributed by atoms with E-state index in [1.165, 1.54) is 0 Å². The van der Waals surface area contributed by atoms with Crippen LogP contribution in [0, 0.1) is 0 Å². The average molecular weight is 199 g/mol. The zero-order chi connectivity index (χ0) is 8.91. The van der Waals surface area contributed by atoms with E-state index in [0.717, 1.165) is 6.42 Å². The lowest BCUT2D eigenvalue weighted by Crippen LogP contribution is -2.51. The minimum atomic E-state index is -2.56. The molecule has 0 heterocycles. The van der Waals surface area contributed by atoms with E-state index in [0.29, 0.717) is 0 Å². The standard InChI is InChI=1S/C6H15ClO3Si/c1-5-6(7)11(8-2,9-3)10-4/h6H,5H2,1-4H3. The maximum atomic E-state index is 5.98. The smallest absolute Gasteiger partial charge is 0.376 e. The van der Waals surface area contributed by atoms with Gasteiger partial charge in [-0.3, -0.25) is 0 Å². The Balaban J connectivity index is 4.26. The first-order chi connectivity index (χ1) is 5.16. The van der Waals surface area contributed by atoms with E-state index in [4.69, 9.17) is 24.9 Å². The highest BCUT2D eigenvalue weighted by Crippen LogP contribution is 2.19. The first kappa shape index (κ1) is 11.4. The van der Waals surface area contributed by atoms with Crippen molar-refractivity contribution in [1.82, 2.24) is 0 Å². The third-order valence-electron chi connectivity index (χ3n) is 1.60. The van der Waals surface area contributed by atoms with Crippen molar-refractivity contribution in [1.29, 1.82) is 0 Å². The Morgan fingerprint density at radius 3 is 1.64 bits per heavy atom. The zero-order valence-electron chi connectivity index (χ0n) is 7.39. The van der Waals surface area contributed by atoms with Crippen molar-refractivity contribution in [2.24, 2.45) is 0 Å². The highest BCUT2D eigenvalue weighted by atomic mass is 35.5. The lowest BCUT2D eigenvalue weighted by molar-refractivity contribution is 0.120. The average Bonchev–Trinajstić information content (AvgIpc) is 2.08. The summed E-state index contributed by atoms with van der Waals surface area (Å²) < 4.78 is 15.5. The molecule has 3 nitrogen and oxygen atoms in total. The number of alkyl halides is 1. The van der Waals surface area contributed by atoms with Crippen molar-refractivity contribution in [2.45, 2.75) is 18.3 Å². The van der Waals surface area contributed by atoms with Gasteiger partial charge in [-0.15, -0.1) is 11.6 Å². The summed E-state index contributed by atoms with van der Waals surface area (Å²) in [4.78, 5) is 0. The zero-order valence-corrected chi connectivity index (χ0v) is 9.14. The molecule has 68 valence electrons. The number of hydrogen-bond acceptors (Lipinski definition) is 3. The van der Waals surface area contributed by atoms with Gasteiger partial charge in [-0.2, -0.15) is 0 Å². The summed E-state index contributed by atoms with van der Waals surface area (Å²) >= 11 is 5.98. The lowest BCUT2D eigenvalue weighted by Gasteiger charge is -2.27. The van der Waals surface area contributed by atoms with Gasteiger partial charge in [0.25, 0.3) is 0 Å². The van der Waals surface area contributed by atoms with Crippen LogP contribution in [0.15, 0.2) is 0 Å². The van der Waals surface area contributed by atoms with Crippen LogP contribution in [0.25, 0.3) is 0 Å². The quantitative estimate of drug-likeness (QED) is 0.494. The highest BCUT2D eigenvalue weighted by Gasteiger charge is 2.45. The molecule has 1 unspecified atom stereocenters. The van der Waals surface area contributed by atoms with Gasteiger partial charge >= 0.3 is 8.80 Å². The fourth-order valence-corrected chi connectivity index (χ4v) is 3.45. The maximum Gasteiger partial charge on any atom is 0.518 e. The summed E-state index contributed by atoms with van der Waals surface area (Å²) in [5, 5.41) is -0.164. The van der Waals surface area contributed by atoms with Crippen molar-refractivity contribution in [3.05, 3.63) is 0 Å². The summed E-state index contributed by atoms with van der Waals surface area (Å²) in [6, 6.07) is 0. The Morgan fingerprint density at radius 1 is 1.18 bits per heavy atom. The van der Waals surface area contributed by atoms with Gasteiger partial charge < -0.3 is 13.3 Å². The van der Waals surface area contributed by atoms with Gasteiger partial charge in [0.2, 0.25) is 0 Å². The molecule has 0 aliphatic heterocycles. The Hall–Kier alpha value is 0.387. The first-order valence-electron chi connectivity index (χ1n) is 3.46. The molecule has 0 N–H and O–H groups in total. The first-order valence-corrected chi connectivity index (χ1v) is 5.70. The molecule has 5 heteroatoms. The molecule has 0 rings (SSSR count). The molecule has 0 fully saturated rings. The molecule has 0 bridgehead atoms. The number of halogens is 1. The normalized spacial score (nSPS) is 15.0. The van der Waals surface area contributed by atoms with Crippen LogP contribution in [0.1, 0.15) is 13.3 Å². The van der Waals surface area contributed by atoms with Crippen molar-refractivity contribution < 1.29 is 13.3 Å². The van der Waals surface area contributed by atoms with Crippen molar-refractivity contribution in [3.63, 3.8) is 0 Å². The van der Waals surface area contributed by atoms with Gasteiger partial charge in [-0.05, 0) is 6.42 Å². The molecule has 0 saturated carbocycles. The molecule has 0 spiro atoms. The van der Waals surface area contributed by atoms with Crippen LogP contribution in [-0.2, 0) is 13.3 Å². The minimum absolute atomic E-state index is 0.164. The van der Waals surface area contributed by atoms with Crippen molar-refractivity contribution in [2.75, 3.05) is 21.3 Å². The molecule has 0 aliphatic carbocycles. The van der Waals surface area contributed by atoms with E-state index in [-0.39, 0.29) is 5.00 Å².